The zero-order valence-corrected chi connectivity index (χ0v) is 17.7. The van der Waals surface area contributed by atoms with Gasteiger partial charge in [0, 0.05) is 29.2 Å². The lowest BCUT2D eigenvalue weighted by Gasteiger charge is -2.32. The van der Waals surface area contributed by atoms with E-state index in [0.717, 1.165) is 0 Å². The van der Waals surface area contributed by atoms with Gasteiger partial charge in [-0.05, 0) is 43.4 Å². The number of hydrogen-bond acceptors (Lipinski definition) is 3. The van der Waals surface area contributed by atoms with E-state index >= 15 is 0 Å². The van der Waals surface area contributed by atoms with Gasteiger partial charge in [0.15, 0.2) is 0 Å². The van der Waals surface area contributed by atoms with Gasteiger partial charge in [-0.1, -0.05) is 43.1 Å². The van der Waals surface area contributed by atoms with Gasteiger partial charge in [0.05, 0.1) is 11.7 Å². The number of hydrogen-bond donors (Lipinski definition) is 1. The van der Waals surface area contributed by atoms with E-state index in [1.165, 1.54) is 10.4 Å². The van der Waals surface area contributed by atoms with E-state index in [4.69, 9.17) is 23.2 Å². The number of piperidine rings is 1. The van der Waals surface area contributed by atoms with E-state index < -0.39 is 10.0 Å². The second kappa shape index (κ2) is 8.91. The van der Waals surface area contributed by atoms with Crippen molar-refractivity contribution in [3.05, 3.63) is 33.8 Å². The summed E-state index contributed by atoms with van der Waals surface area (Å²) in [5, 5.41) is 3.78. The van der Waals surface area contributed by atoms with Crippen LogP contribution in [0.4, 0.5) is 0 Å². The normalized spacial score (nSPS) is 20.2. The number of carbonyl (C=O) groups is 1. The number of carbonyl (C=O) groups excluding carboxylic acids is 1. The maximum absolute atomic E-state index is 12.8. The van der Waals surface area contributed by atoms with E-state index in [-0.39, 0.29) is 30.2 Å². The van der Waals surface area contributed by atoms with Gasteiger partial charge >= 0.3 is 0 Å². The first-order chi connectivity index (χ1) is 12.1. The molecule has 1 aliphatic heterocycles. The molecule has 1 amide bonds. The minimum absolute atomic E-state index is 0.0577. The van der Waals surface area contributed by atoms with E-state index in [1.54, 1.807) is 12.1 Å². The molecule has 0 radical (unpaired) electrons. The van der Waals surface area contributed by atoms with Gasteiger partial charge in [-0.3, -0.25) is 4.79 Å². The number of sulfonamides is 1. The summed E-state index contributed by atoms with van der Waals surface area (Å²) >= 11 is 12.0. The zero-order chi connectivity index (χ0) is 19.5. The highest BCUT2D eigenvalue weighted by Gasteiger charge is 2.33. The van der Waals surface area contributed by atoms with Crippen LogP contribution in [0.1, 0.15) is 39.2 Å². The predicted octanol–water partition coefficient (Wildman–Crippen LogP) is 3.70. The number of rotatable bonds is 6. The first-order valence-electron chi connectivity index (χ1n) is 8.82. The fourth-order valence-electron chi connectivity index (χ4n) is 2.84. The molecule has 2 rings (SSSR count). The van der Waals surface area contributed by atoms with Crippen LogP contribution in [0.3, 0.4) is 0 Å². The third kappa shape index (κ3) is 5.59. The fraction of sp³-hybridized carbons (Fsp3) is 0.611. The van der Waals surface area contributed by atoms with E-state index in [2.05, 4.69) is 5.32 Å². The Bertz CT molecular complexity index is 753. The van der Waals surface area contributed by atoms with E-state index in [9.17, 15) is 13.2 Å². The topological polar surface area (TPSA) is 66.5 Å². The predicted molar refractivity (Wildman–Crippen MR) is 106 cm³/mol. The highest BCUT2D eigenvalue weighted by Crippen LogP contribution is 2.26. The molecular formula is C18H26Cl2N2O3S. The molecule has 0 unspecified atom stereocenters. The Labute approximate surface area is 166 Å². The fourth-order valence-corrected chi connectivity index (χ4v) is 5.04. The monoisotopic (exact) mass is 420 g/mol. The summed E-state index contributed by atoms with van der Waals surface area (Å²) in [6.45, 7) is 6.68. The summed E-state index contributed by atoms with van der Waals surface area (Å²) in [4.78, 5) is 12.5. The zero-order valence-electron chi connectivity index (χ0n) is 15.3. The highest BCUT2D eigenvalue weighted by molar-refractivity contribution is 7.88. The lowest BCUT2D eigenvalue weighted by Crippen LogP contribution is -2.48. The van der Waals surface area contributed by atoms with Gasteiger partial charge in [-0.15, -0.1) is 0 Å². The molecule has 1 aliphatic rings. The molecule has 0 saturated carbocycles. The Morgan fingerprint density at radius 3 is 2.62 bits per heavy atom. The lowest BCUT2D eigenvalue weighted by molar-refractivity contribution is -0.127. The maximum atomic E-state index is 12.8. The van der Waals surface area contributed by atoms with E-state index in [0.29, 0.717) is 40.9 Å². The maximum Gasteiger partial charge on any atom is 0.224 e. The Kier molecular flexibility index (Phi) is 7.36. The van der Waals surface area contributed by atoms with Crippen molar-refractivity contribution in [1.29, 1.82) is 0 Å². The molecule has 1 saturated heterocycles. The third-order valence-electron chi connectivity index (χ3n) is 4.87. The molecule has 1 fully saturated rings. The van der Waals surface area contributed by atoms with Gasteiger partial charge in [-0.25, -0.2) is 12.7 Å². The van der Waals surface area contributed by atoms with Crippen molar-refractivity contribution < 1.29 is 13.2 Å². The first kappa shape index (κ1) is 21.5. The summed E-state index contributed by atoms with van der Waals surface area (Å²) in [5.41, 5.74) is 0.510. The second-order valence-corrected chi connectivity index (χ2v) is 10.0. The van der Waals surface area contributed by atoms with Crippen LogP contribution in [0, 0.1) is 11.8 Å². The Balaban J connectivity index is 2.06. The quantitative estimate of drug-likeness (QED) is 0.762. The van der Waals surface area contributed by atoms with Crippen molar-refractivity contribution in [1.82, 2.24) is 9.62 Å². The summed E-state index contributed by atoms with van der Waals surface area (Å²) in [6, 6.07) is 4.84. The van der Waals surface area contributed by atoms with Crippen molar-refractivity contribution >= 4 is 39.1 Å². The van der Waals surface area contributed by atoms with Crippen molar-refractivity contribution in [3.8, 4) is 0 Å². The summed E-state index contributed by atoms with van der Waals surface area (Å²) in [5.74, 6) is -0.259. The molecule has 146 valence electrons. The van der Waals surface area contributed by atoms with Gasteiger partial charge < -0.3 is 5.32 Å². The number of halogens is 2. The molecule has 26 heavy (non-hydrogen) atoms. The lowest BCUT2D eigenvalue weighted by atomic mass is 9.97. The van der Waals surface area contributed by atoms with Crippen molar-refractivity contribution in [2.45, 2.75) is 45.4 Å². The summed E-state index contributed by atoms with van der Waals surface area (Å²) in [6.07, 6.45) is 1.37. The molecule has 8 heteroatoms. The van der Waals surface area contributed by atoms with Crippen LogP contribution in [-0.2, 0) is 20.6 Å². The average molecular weight is 421 g/mol. The van der Waals surface area contributed by atoms with Crippen LogP contribution in [-0.4, -0.2) is 37.8 Å². The number of nitrogens with one attached hydrogen (secondary N) is 1. The smallest absolute Gasteiger partial charge is 0.224 e. The number of benzene rings is 1. The van der Waals surface area contributed by atoms with Crippen LogP contribution < -0.4 is 5.32 Å². The second-order valence-electron chi connectivity index (χ2n) is 7.23. The average Bonchev–Trinajstić information content (AvgIpc) is 2.57. The van der Waals surface area contributed by atoms with Crippen molar-refractivity contribution in [2.75, 3.05) is 13.1 Å². The van der Waals surface area contributed by atoms with Crippen molar-refractivity contribution in [3.63, 3.8) is 0 Å². The molecule has 0 spiro atoms. The van der Waals surface area contributed by atoms with E-state index in [1.807, 2.05) is 20.8 Å². The summed E-state index contributed by atoms with van der Waals surface area (Å²) in [7, 11) is -3.56. The van der Waals surface area contributed by atoms with Crippen molar-refractivity contribution in [2.24, 2.45) is 11.8 Å². The van der Waals surface area contributed by atoms with Crippen LogP contribution >= 0.6 is 23.2 Å². The summed E-state index contributed by atoms with van der Waals surface area (Å²) < 4.78 is 27.0. The molecular weight excluding hydrogens is 395 g/mol. The van der Waals surface area contributed by atoms with Crippen LogP contribution in [0.2, 0.25) is 10.0 Å². The largest absolute Gasteiger partial charge is 0.353 e. The third-order valence-corrected chi connectivity index (χ3v) is 7.25. The molecule has 0 aromatic heterocycles. The van der Waals surface area contributed by atoms with Gasteiger partial charge in [0.2, 0.25) is 15.9 Å². The SMILES string of the molecule is CC(C)[C@@H](C)NC(=O)[C@@H]1CCCN(S(=O)(=O)Cc2ccc(Cl)cc2Cl)C1. The van der Waals surface area contributed by atoms with Gasteiger partial charge in [-0.2, -0.15) is 0 Å². The Morgan fingerprint density at radius 2 is 2.00 bits per heavy atom. The molecule has 0 aliphatic carbocycles. The minimum Gasteiger partial charge on any atom is -0.353 e. The first-order valence-corrected chi connectivity index (χ1v) is 11.2. The van der Waals surface area contributed by atoms with Gasteiger partial charge in [0.25, 0.3) is 0 Å². The molecule has 2 atom stereocenters. The van der Waals surface area contributed by atoms with Crippen LogP contribution in [0.25, 0.3) is 0 Å². The molecule has 1 aromatic rings. The highest BCUT2D eigenvalue weighted by atomic mass is 35.5. The number of amides is 1. The minimum atomic E-state index is -3.56. The standard InChI is InChI=1S/C18H26Cl2N2O3S/c1-12(2)13(3)21-18(23)14-5-4-8-22(10-14)26(24,25)11-15-6-7-16(19)9-17(15)20/h6-7,9,12-14H,4-5,8,10-11H2,1-3H3,(H,21,23)/t13-,14-/m1/s1. The molecule has 5 nitrogen and oxygen atoms in total. The molecule has 1 N–H and O–H groups in total. The van der Waals surface area contributed by atoms with Gasteiger partial charge in [0.1, 0.15) is 0 Å². The van der Waals surface area contributed by atoms with Crippen LogP contribution in [0.5, 0.6) is 0 Å². The molecule has 0 bridgehead atoms. The Morgan fingerprint density at radius 1 is 1.31 bits per heavy atom. The number of nitrogens with zero attached hydrogens (tertiary/aromatic N) is 1. The molecule has 1 aromatic carbocycles. The van der Waals surface area contributed by atoms with Crippen LogP contribution in [0.15, 0.2) is 18.2 Å². The Hall–Kier alpha value is -0.820. The molecule has 1 heterocycles.